The highest BCUT2D eigenvalue weighted by Crippen LogP contribution is 2.35. The first-order valence-electron chi connectivity index (χ1n) is 25.1. The number of nitrogens with two attached hydrogens (primary N) is 4. The van der Waals surface area contributed by atoms with Gasteiger partial charge in [0.15, 0.2) is 21.8 Å². The lowest BCUT2D eigenvalue weighted by Crippen LogP contribution is -2.60. The van der Waals surface area contributed by atoms with Gasteiger partial charge in [-0.05, 0) is 130 Å². The number of hydrogen-bond donors (Lipinski definition) is 8. The van der Waals surface area contributed by atoms with E-state index in [0.29, 0.717) is 62.6 Å². The number of fused-ring (bicyclic) bond motifs is 2. The van der Waals surface area contributed by atoms with Gasteiger partial charge in [-0.2, -0.15) is 4.72 Å². The van der Waals surface area contributed by atoms with Gasteiger partial charge in [0, 0.05) is 32.7 Å². The Kier molecular flexibility index (Phi) is 18.8. The maximum Gasteiger partial charge on any atom is 0.244 e. The standard InChI is InChI=1S/C49H76N12O8S2/c1-30-15-16-37-34(23-30)9-5-13-41(37)71(68,69)59-38(12-8-20-55-49(52)53)47(65)61-22-18-32(3)26-40(61)45(63)58-29-57-44(62)39-25-31(2)17-21-60(39)46(64)36(11-7-19-54-48(50)51)28-70(66,67)42-14-6-10-35-24-33(4)27-56-43(35)42/h5-6,9-10,13-14,30-33,36,38-40,56,59H,7-8,11-12,15-29H2,1-4H3,(H,57,62)(H,58,63)(H4,50,51,54)(H4,52,53,55)/t30-,31-,32-,33+,36-,38+,39-,40-/m1/s1. The number of amides is 4. The fourth-order valence-electron chi connectivity index (χ4n) is 10.5. The van der Waals surface area contributed by atoms with Crippen LogP contribution in [-0.2, 0) is 58.3 Å². The Hall–Kier alpha value is -5.48. The molecule has 4 aliphatic rings. The molecule has 2 aromatic carbocycles. The van der Waals surface area contributed by atoms with Gasteiger partial charge < -0.3 is 48.7 Å². The van der Waals surface area contributed by atoms with Gasteiger partial charge in [-0.3, -0.25) is 29.2 Å². The number of nitrogens with zero attached hydrogens (tertiary/aromatic N) is 4. The number of sulfone groups is 1. The van der Waals surface area contributed by atoms with E-state index >= 15 is 0 Å². The second-order valence-corrected chi connectivity index (χ2v) is 24.1. The van der Waals surface area contributed by atoms with Crippen molar-refractivity contribution in [2.45, 2.75) is 133 Å². The predicted molar refractivity (Wildman–Crippen MR) is 274 cm³/mol. The molecule has 2 fully saturated rings. The number of aliphatic imine (C=N–C) groups is 2. The molecule has 4 amide bonds. The molecule has 392 valence electrons. The number of hydrogen-bond acceptors (Lipinski definition) is 11. The van der Waals surface area contributed by atoms with Crippen LogP contribution in [0, 0.1) is 29.6 Å². The third-order valence-electron chi connectivity index (χ3n) is 14.4. The largest absolute Gasteiger partial charge is 0.383 e. The van der Waals surface area contributed by atoms with E-state index in [4.69, 9.17) is 22.9 Å². The fraction of sp³-hybridized carbons (Fsp3) is 0.633. The summed E-state index contributed by atoms with van der Waals surface area (Å²) >= 11 is 0. The van der Waals surface area contributed by atoms with E-state index < -0.39 is 73.3 Å². The van der Waals surface area contributed by atoms with Crippen LogP contribution in [0.1, 0.15) is 102 Å². The predicted octanol–water partition coefficient (Wildman–Crippen LogP) is 1.70. The normalized spacial score (nSPS) is 23.2. The average molecular weight is 1030 g/mol. The highest BCUT2D eigenvalue weighted by molar-refractivity contribution is 7.91. The van der Waals surface area contributed by atoms with Crippen LogP contribution in [0.15, 0.2) is 56.2 Å². The highest BCUT2D eigenvalue weighted by atomic mass is 32.2. The quantitative estimate of drug-likeness (QED) is 0.0406. The van der Waals surface area contributed by atoms with Crippen molar-refractivity contribution in [3.63, 3.8) is 0 Å². The molecule has 20 nitrogen and oxygen atoms in total. The molecule has 1 aliphatic carbocycles. The maximum atomic E-state index is 14.6. The average Bonchev–Trinajstić information content (AvgIpc) is 3.32. The van der Waals surface area contributed by atoms with Gasteiger partial charge in [-0.15, -0.1) is 0 Å². The number of piperidine rings is 2. The summed E-state index contributed by atoms with van der Waals surface area (Å²) in [7, 11) is -8.21. The number of para-hydroxylation sites is 1. The Morgan fingerprint density at radius 1 is 0.704 bits per heavy atom. The molecular formula is C49H76N12O8S2. The molecule has 12 N–H and O–H groups in total. The molecule has 0 unspecified atom stereocenters. The summed E-state index contributed by atoms with van der Waals surface area (Å²) in [6.45, 7) is 9.20. The molecule has 0 aromatic heterocycles. The number of nitrogens with one attached hydrogen (secondary N) is 4. The smallest absolute Gasteiger partial charge is 0.244 e. The lowest BCUT2D eigenvalue weighted by molar-refractivity contribution is -0.146. The summed E-state index contributed by atoms with van der Waals surface area (Å²) in [5.74, 6) is -3.03. The Bertz CT molecular complexity index is 2360. The van der Waals surface area contributed by atoms with E-state index in [2.05, 4.69) is 44.5 Å². The second-order valence-electron chi connectivity index (χ2n) is 20.4. The summed E-state index contributed by atoms with van der Waals surface area (Å²) in [6.07, 6.45) is 5.46. The molecule has 2 saturated heterocycles. The second kappa shape index (κ2) is 24.3. The molecule has 22 heteroatoms. The van der Waals surface area contributed by atoms with Crippen molar-refractivity contribution >= 4 is 61.1 Å². The van der Waals surface area contributed by atoms with Crippen molar-refractivity contribution in [3.8, 4) is 0 Å². The molecule has 71 heavy (non-hydrogen) atoms. The lowest BCUT2D eigenvalue weighted by Gasteiger charge is -2.40. The number of anilines is 1. The maximum absolute atomic E-state index is 14.6. The third kappa shape index (κ3) is 14.4. The van der Waals surface area contributed by atoms with Gasteiger partial charge in [0.05, 0.1) is 33.8 Å². The van der Waals surface area contributed by atoms with Crippen molar-refractivity contribution in [1.82, 2.24) is 25.2 Å². The first-order chi connectivity index (χ1) is 33.6. The van der Waals surface area contributed by atoms with E-state index in [9.17, 15) is 36.0 Å². The number of likely N-dealkylation sites (tertiary alicyclic amines) is 2. The number of sulfonamides is 1. The minimum Gasteiger partial charge on any atom is -0.383 e. The first-order valence-corrected chi connectivity index (χ1v) is 28.3. The molecule has 0 saturated carbocycles. The Morgan fingerprint density at radius 3 is 1.86 bits per heavy atom. The van der Waals surface area contributed by atoms with Crippen LogP contribution < -0.4 is 43.6 Å². The fourth-order valence-corrected chi connectivity index (χ4v) is 13.9. The van der Waals surface area contributed by atoms with Crippen molar-refractivity contribution in [2.75, 3.05) is 50.5 Å². The van der Waals surface area contributed by atoms with E-state index in [1.165, 1.54) is 9.80 Å². The van der Waals surface area contributed by atoms with Crippen molar-refractivity contribution < 1.29 is 36.0 Å². The van der Waals surface area contributed by atoms with E-state index in [0.717, 1.165) is 36.0 Å². The summed E-state index contributed by atoms with van der Waals surface area (Å²) < 4.78 is 59.5. The molecular weight excluding hydrogens is 949 g/mol. The molecule has 0 radical (unpaired) electrons. The topological polar surface area (TPSA) is 320 Å². The molecule has 8 atom stereocenters. The minimum atomic E-state index is -4.20. The Labute approximate surface area is 419 Å². The summed E-state index contributed by atoms with van der Waals surface area (Å²) in [5, 5.41) is 8.83. The van der Waals surface area contributed by atoms with Crippen LogP contribution >= 0.6 is 0 Å². The Balaban J connectivity index is 1.16. The van der Waals surface area contributed by atoms with Gasteiger partial charge in [0.2, 0.25) is 33.7 Å². The minimum absolute atomic E-state index is 0.0476. The van der Waals surface area contributed by atoms with Crippen molar-refractivity contribution in [2.24, 2.45) is 62.5 Å². The van der Waals surface area contributed by atoms with Crippen LogP contribution in [0.3, 0.4) is 0 Å². The molecule has 3 heterocycles. The highest BCUT2D eigenvalue weighted by Gasteiger charge is 2.42. The zero-order valence-corrected chi connectivity index (χ0v) is 43.3. The summed E-state index contributed by atoms with van der Waals surface area (Å²) in [5.41, 5.74) is 25.4. The van der Waals surface area contributed by atoms with Crippen LogP contribution in [0.4, 0.5) is 5.69 Å². The zero-order valence-electron chi connectivity index (χ0n) is 41.7. The van der Waals surface area contributed by atoms with Gasteiger partial charge in [-0.25, -0.2) is 16.8 Å². The third-order valence-corrected chi connectivity index (χ3v) is 17.8. The molecule has 0 bridgehead atoms. The van der Waals surface area contributed by atoms with Crippen LogP contribution in [0.5, 0.6) is 0 Å². The number of carbonyl (C=O) groups is 4. The van der Waals surface area contributed by atoms with Crippen LogP contribution in [0.25, 0.3) is 0 Å². The number of rotatable bonds is 20. The monoisotopic (exact) mass is 1020 g/mol. The van der Waals surface area contributed by atoms with Gasteiger partial charge in [-0.1, -0.05) is 52.0 Å². The van der Waals surface area contributed by atoms with Crippen molar-refractivity contribution in [1.29, 1.82) is 0 Å². The number of carbonyl (C=O) groups excluding carboxylic acids is 4. The van der Waals surface area contributed by atoms with E-state index in [1.54, 1.807) is 24.3 Å². The van der Waals surface area contributed by atoms with E-state index in [-0.39, 0.29) is 85.7 Å². The van der Waals surface area contributed by atoms with Crippen molar-refractivity contribution in [3.05, 3.63) is 53.1 Å². The number of guanidine groups is 2. The van der Waals surface area contributed by atoms with Gasteiger partial charge >= 0.3 is 0 Å². The van der Waals surface area contributed by atoms with Gasteiger partial charge in [0.25, 0.3) is 0 Å². The summed E-state index contributed by atoms with van der Waals surface area (Å²) in [4.78, 5) is 68.7. The molecule has 2 aromatic rings. The lowest BCUT2D eigenvalue weighted by atomic mass is 9.85. The summed E-state index contributed by atoms with van der Waals surface area (Å²) in [6, 6.07) is 7.21. The first kappa shape index (κ1) is 54.8. The zero-order chi connectivity index (χ0) is 51.6. The molecule has 0 spiro atoms. The van der Waals surface area contributed by atoms with Crippen LogP contribution in [-0.4, -0.2) is 125 Å². The molecule has 6 rings (SSSR count). The van der Waals surface area contributed by atoms with E-state index in [1.807, 2.05) is 26.0 Å². The van der Waals surface area contributed by atoms with Gasteiger partial charge in [0.1, 0.15) is 18.1 Å². The molecule has 3 aliphatic heterocycles. The SMILES string of the molecule is C[C@@H]1CCc2c(cccc2S(=O)(=O)N[C@@H](CCCN=C(N)N)C(=O)N2CC[C@@H](C)C[C@@H]2C(=O)NCNC(=O)[C@H]2C[C@H](C)CCN2C(=O)[C@H](CCCN=C(N)N)CS(=O)(=O)c2cccc3c2NC[C@@H](C)C3)C1. The Morgan fingerprint density at radius 2 is 1.25 bits per heavy atom. The van der Waals surface area contributed by atoms with Crippen LogP contribution in [0.2, 0.25) is 0 Å². The number of benzene rings is 2.